The molecule has 22 heavy (non-hydrogen) atoms. The van der Waals surface area contributed by atoms with E-state index in [4.69, 9.17) is 20.5 Å². The molecule has 2 rings (SSSR count). The number of hydrogen-bond donors (Lipinski definition) is 2. The number of nitrogen functional groups attached to an aromatic ring is 1. The molecule has 3 N–H and O–H groups in total. The zero-order chi connectivity index (χ0) is 15.8. The Morgan fingerprint density at radius 2 is 2.23 bits per heavy atom. The largest absolute Gasteiger partial charge is 0.461 e. The van der Waals surface area contributed by atoms with Gasteiger partial charge in [0, 0.05) is 13.7 Å². The summed E-state index contributed by atoms with van der Waals surface area (Å²) in [5.41, 5.74) is 7.84. The van der Waals surface area contributed by atoms with E-state index in [1.54, 1.807) is 19.2 Å². The van der Waals surface area contributed by atoms with Crippen molar-refractivity contribution >= 4 is 11.5 Å². The monoisotopic (exact) mass is 299 g/mol. The van der Waals surface area contributed by atoms with E-state index >= 15 is 0 Å². The van der Waals surface area contributed by atoms with Gasteiger partial charge in [-0.15, -0.1) is 0 Å². The van der Waals surface area contributed by atoms with Gasteiger partial charge in [-0.1, -0.05) is 12.1 Å². The summed E-state index contributed by atoms with van der Waals surface area (Å²) in [6.07, 6.45) is 1.49. The highest BCUT2D eigenvalue weighted by atomic mass is 16.5. The van der Waals surface area contributed by atoms with Crippen molar-refractivity contribution in [3.05, 3.63) is 41.6 Å². The quantitative estimate of drug-likeness (QED) is 0.747. The molecule has 0 unspecified atom stereocenters. The Kier molecular flexibility index (Phi) is 5.51. The number of hydrogen-bond acceptors (Lipinski definition) is 7. The zero-order valence-corrected chi connectivity index (χ0v) is 12.2. The molecular weight excluding hydrogens is 282 g/mol. The molecule has 0 spiro atoms. The number of nitrogens with one attached hydrogen (secondary N) is 1. The van der Waals surface area contributed by atoms with Gasteiger partial charge in [0.2, 0.25) is 0 Å². The van der Waals surface area contributed by atoms with Crippen molar-refractivity contribution in [1.82, 2.24) is 9.97 Å². The minimum absolute atomic E-state index is 0.236. The second-order valence-electron chi connectivity index (χ2n) is 4.46. The Labute approximate surface area is 128 Å². The van der Waals surface area contributed by atoms with Crippen LogP contribution in [0.2, 0.25) is 0 Å². The third-order valence-corrected chi connectivity index (χ3v) is 2.83. The molecule has 1 heterocycles. The first-order valence-corrected chi connectivity index (χ1v) is 6.70. The first-order valence-electron chi connectivity index (χ1n) is 6.70. The maximum absolute atomic E-state index is 8.89. The molecule has 0 bridgehead atoms. The second kappa shape index (κ2) is 7.81. The lowest BCUT2D eigenvalue weighted by Gasteiger charge is -2.10. The van der Waals surface area contributed by atoms with Gasteiger partial charge in [-0.25, -0.2) is 4.98 Å². The molecule has 0 radical (unpaired) electrons. The van der Waals surface area contributed by atoms with Crippen molar-refractivity contribution in [3.8, 4) is 12.1 Å². The van der Waals surface area contributed by atoms with Crippen LogP contribution in [0.4, 0.5) is 11.5 Å². The number of benzene rings is 1. The van der Waals surface area contributed by atoms with E-state index in [9.17, 15) is 0 Å². The molecule has 0 saturated heterocycles. The summed E-state index contributed by atoms with van der Waals surface area (Å²) in [5.74, 6) is 0.491. The molecule has 0 aliphatic heterocycles. The average molecular weight is 299 g/mol. The van der Waals surface area contributed by atoms with Crippen LogP contribution in [0.5, 0.6) is 6.01 Å². The maximum Gasteiger partial charge on any atom is 0.318 e. The van der Waals surface area contributed by atoms with Crippen LogP contribution in [0, 0.1) is 11.3 Å². The van der Waals surface area contributed by atoms with Crippen LogP contribution in [0.1, 0.15) is 11.1 Å². The van der Waals surface area contributed by atoms with Gasteiger partial charge >= 0.3 is 6.01 Å². The Morgan fingerprint density at radius 3 is 3.00 bits per heavy atom. The van der Waals surface area contributed by atoms with Crippen molar-refractivity contribution in [2.24, 2.45) is 0 Å². The Morgan fingerprint density at radius 1 is 1.36 bits per heavy atom. The van der Waals surface area contributed by atoms with Crippen LogP contribution < -0.4 is 15.8 Å². The number of ether oxygens (including phenoxy) is 2. The smallest absolute Gasteiger partial charge is 0.318 e. The van der Waals surface area contributed by atoms with E-state index in [2.05, 4.69) is 21.4 Å². The van der Waals surface area contributed by atoms with Gasteiger partial charge in [0.25, 0.3) is 0 Å². The van der Waals surface area contributed by atoms with Gasteiger partial charge in [0.1, 0.15) is 6.61 Å². The summed E-state index contributed by atoms with van der Waals surface area (Å²) >= 11 is 0. The SMILES string of the molecule is COCCOc1ncc(N)c(NCc2cccc(C#N)c2)n1. The average Bonchev–Trinajstić information content (AvgIpc) is 2.55. The Bertz CT molecular complexity index is 669. The van der Waals surface area contributed by atoms with E-state index in [0.29, 0.717) is 36.8 Å². The molecule has 0 saturated carbocycles. The fourth-order valence-electron chi connectivity index (χ4n) is 1.74. The van der Waals surface area contributed by atoms with Gasteiger partial charge in [-0.3, -0.25) is 0 Å². The van der Waals surface area contributed by atoms with Crippen molar-refractivity contribution < 1.29 is 9.47 Å². The van der Waals surface area contributed by atoms with Crippen molar-refractivity contribution in [3.63, 3.8) is 0 Å². The molecule has 7 heteroatoms. The predicted octanol–water partition coefficient (Wildman–Crippen LogP) is 1.57. The van der Waals surface area contributed by atoms with E-state index in [0.717, 1.165) is 5.56 Å². The molecule has 7 nitrogen and oxygen atoms in total. The summed E-state index contributed by atoms with van der Waals surface area (Å²) in [7, 11) is 1.59. The molecule has 0 atom stereocenters. The van der Waals surface area contributed by atoms with Crippen LogP contribution in [0.25, 0.3) is 0 Å². The van der Waals surface area contributed by atoms with Crippen LogP contribution in [0.3, 0.4) is 0 Å². The highest BCUT2D eigenvalue weighted by Crippen LogP contribution is 2.18. The third-order valence-electron chi connectivity index (χ3n) is 2.83. The Balaban J connectivity index is 2.02. The molecular formula is C15H17N5O2. The highest BCUT2D eigenvalue weighted by molar-refractivity contribution is 5.60. The van der Waals surface area contributed by atoms with Crippen LogP contribution in [-0.2, 0) is 11.3 Å². The van der Waals surface area contributed by atoms with Crippen molar-refractivity contribution in [2.45, 2.75) is 6.54 Å². The minimum atomic E-state index is 0.236. The van der Waals surface area contributed by atoms with Crippen LogP contribution in [0.15, 0.2) is 30.5 Å². The summed E-state index contributed by atoms with van der Waals surface area (Å²) in [5, 5.41) is 12.0. The third kappa shape index (κ3) is 4.33. The molecule has 0 aliphatic rings. The highest BCUT2D eigenvalue weighted by Gasteiger charge is 2.06. The molecule has 1 aromatic heterocycles. The molecule has 114 valence electrons. The topological polar surface area (TPSA) is 106 Å². The number of nitrogens with two attached hydrogens (primary N) is 1. The zero-order valence-electron chi connectivity index (χ0n) is 12.2. The summed E-state index contributed by atoms with van der Waals surface area (Å²) in [4.78, 5) is 8.21. The number of rotatable bonds is 7. The van der Waals surface area contributed by atoms with Crippen molar-refractivity contribution in [2.75, 3.05) is 31.4 Å². The van der Waals surface area contributed by atoms with Gasteiger partial charge in [0.15, 0.2) is 5.82 Å². The summed E-state index contributed by atoms with van der Waals surface area (Å²) < 4.78 is 10.2. The summed E-state index contributed by atoms with van der Waals surface area (Å²) in [6.45, 7) is 1.32. The van der Waals surface area contributed by atoms with Gasteiger partial charge < -0.3 is 20.5 Å². The first kappa shape index (κ1) is 15.5. The van der Waals surface area contributed by atoms with E-state index < -0.39 is 0 Å². The van der Waals surface area contributed by atoms with Crippen LogP contribution >= 0.6 is 0 Å². The standard InChI is InChI=1S/C15H17N5O2/c1-21-5-6-22-15-19-10-13(17)14(20-15)18-9-12-4-2-3-11(7-12)8-16/h2-4,7,10H,5-6,9,17H2,1H3,(H,18,19,20). The van der Waals surface area contributed by atoms with Crippen molar-refractivity contribution in [1.29, 1.82) is 5.26 Å². The molecule has 0 aliphatic carbocycles. The second-order valence-corrected chi connectivity index (χ2v) is 4.46. The van der Waals surface area contributed by atoms with E-state index in [1.807, 2.05) is 12.1 Å². The number of nitriles is 1. The molecule has 0 fully saturated rings. The van der Waals surface area contributed by atoms with Crippen LogP contribution in [-0.4, -0.2) is 30.3 Å². The van der Waals surface area contributed by atoms with E-state index in [1.165, 1.54) is 6.20 Å². The normalized spacial score (nSPS) is 10.0. The number of aromatic nitrogens is 2. The minimum Gasteiger partial charge on any atom is -0.461 e. The number of anilines is 2. The lowest BCUT2D eigenvalue weighted by Crippen LogP contribution is -2.10. The van der Waals surface area contributed by atoms with Gasteiger partial charge in [-0.2, -0.15) is 10.2 Å². The van der Waals surface area contributed by atoms with E-state index in [-0.39, 0.29) is 6.01 Å². The number of methoxy groups -OCH3 is 1. The fraction of sp³-hybridized carbons (Fsp3) is 0.267. The lowest BCUT2D eigenvalue weighted by molar-refractivity contribution is 0.141. The van der Waals surface area contributed by atoms with Gasteiger partial charge in [0.05, 0.1) is 30.1 Å². The maximum atomic E-state index is 8.89. The fourth-order valence-corrected chi connectivity index (χ4v) is 1.74. The first-order chi connectivity index (χ1) is 10.7. The predicted molar refractivity (Wildman–Crippen MR) is 82.3 cm³/mol. The summed E-state index contributed by atoms with van der Waals surface area (Å²) in [6, 6.07) is 9.65. The van der Waals surface area contributed by atoms with Gasteiger partial charge in [-0.05, 0) is 17.7 Å². The number of nitrogens with zero attached hydrogens (tertiary/aromatic N) is 3. The molecule has 1 aromatic carbocycles. The Hall–Kier alpha value is -2.85. The molecule has 0 amide bonds. The molecule has 2 aromatic rings. The lowest BCUT2D eigenvalue weighted by atomic mass is 10.1.